The van der Waals surface area contributed by atoms with Crippen molar-refractivity contribution in [3.05, 3.63) is 0 Å². The topological polar surface area (TPSA) is 3.24 Å². The zero-order chi connectivity index (χ0) is 14.9. The summed E-state index contributed by atoms with van der Waals surface area (Å²) in [6.07, 6.45) is 9.93. The van der Waals surface area contributed by atoms with E-state index in [0.717, 1.165) is 12.8 Å². The van der Waals surface area contributed by atoms with Gasteiger partial charge in [0.1, 0.15) is 0 Å². The van der Waals surface area contributed by atoms with Crippen LogP contribution < -0.4 is 0 Å². The van der Waals surface area contributed by atoms with Crippen LogP contribution in [-0.4, -0.2) is 21.4 Å². The molecule has 3 heteroatoms. The van der Waals surface area contributed by atoms with E-state index in [1.807, 2.05) is 0 Å². The van der Waals surface area contributed by atoms with Crippen LogP contribution in [-0.2, 0) is 0 Å². The average molecular weight is 310 g/mol. The predicted molar refractivity (Wildman–Crippen MR) is 89.2 cm³/mol. The zero-order valence-electron chi connectivity index (χ0n) is 13.5. The van der Waals surface area contributed by atoms with Crippen LogP contribution in [0.3, 0.4) is 0 Å². The minimum Gasteiger partial charge on any atom is -0.268 e. The summed E-state index contributed by atoms with van der Waals surface area (Å²) < 4.78 is -0.717. The van der Waals surface area contributed by atoms with Crippen molar-refractivity contribution in [3.63, 3.8) is 0 Å². The van der Waals surface area contributed by atoms with Crippen molar-refractivity contribution in [2.45, 2.75) is 103 Å². The lowest BCUT2D eigenvalue weighted by atomic mass is 10.1. The van der Waals surface area contributed by atoms with E-state index in [2.05, 4.69) is 39.5 Å². The van der Waals surface area contributed by atoms with Gasteiger partial charge in [-0.1, -0.05) is 68.7 Å². The highest BCUT2D eigenvalue weighted by Gasteiger charge is 2.35. The molecule has 0 radical (unpaired) electrons. The van der Waals surface area contributed by atoms with Gasteiger partial charge in [-0.05, 0) is 40.5 Å². The number of rotatable bonds is 11. The lowest BCUT2D eigenvalue weighted by molar-refractivity contribution is 0.125. The van der Waals surface area contributed by atoms with Gasteiger partial charge >= 0.3 is 0 Å². The number of alkyl halides is 2. The number of unbranched alkanes of at least 4 members (excludes halogenated alkanes) is 6. The Kier molecular flexibility index (Phi) is 10.6. The highest BCUT2D eigenvalue weighted by molar-refractivity contribution is 6.48. The van der Waals surface area contributed by atoms with Crippen LogP contribution in [0.1, 0.15) is 86.0 Å². The van der Waals surface area contributed by atoms with Crippen molar-refractivity contribution in [2.75, 3.05) is 0 Å². The quantitative estimate of drug-likeness (QED) is 0.243. The van der Waals surface area contributed by atoms with Crippen molar-refractivity contribution in [1.29, 1.82) is 0 Å². The van der Waals surface area contributed by atoms with Crippen LogP contribution in [0.5, 0.6) is 0 Å². The molecule has 0 unspecified atom stereocenters. The van der Waals surface area contributed by atoms with Crippen molar-refractivity contribution in [1.82, 2.24) is 4.90 Å². The fourth-order valence-electron chi connectivity index (χ4n) is 2.78. The van der Waals surface area contributed by atoms with Gasteiger partial charge in [0, 0.05) is 12.1 Å². The van der Waals surface area contributed by atoms with E-state index in [9.17, 15) is 0 Å². The average Bonchev–Trinajstić information content (AvgIpc) is 2.26. The molecule has 116 valence electrons. The third kappa shape index (κ3) is 8.42. The summed E-state index contributed by atoms with van der Waals surface area (Å²) in [5.41, 5.74) is 0. The lowest BCUT2D eigenvalue weighted by Gasteiger charge is -2.40. The highest BCUT2D eigenvalue weighted by Crippen LogP contribution is 2.35. The zero-order valence-corrected chi connectivity index (χ0v) is 15.0. The van der Waals surface area contributed by atoms with Crippen molar-refractivity contribution in [3.8, 4) is 0 Å². The standard InChI is InChI=1S/C16H33Cl2N/c1-6-7-8-9-10-11-12-13-16(17,18)19(14(2)3)15(4)5/h14-15H,6-13H2,1-5H3. The molecular formula is C16H33Cl2N. The molecule has 19 heavy (non-hydrogen) atoms. The molecule has 0 aliphatic carbocycles. The fourth-order valence-corrected chi connectivity index (χ4v) is 3.82. The Morgan fingerprint density at radius 3 is 1.63 bits per heavy atom. The molecular weight excluding hydrogens is 277 g/mol. The lowest BCUT2D eigenvalue weighted by Crippen LogP contribution is -2.48. The number of nitrogens with zero attached hydrogens (tertiary/aromatic N) is 1. The number of halogens is 2. The summed E-state index contributed by atoms with van der Waals surface area (Å²) in [7, 11) is 0. The van der Waals surface area contributed by atoms with E-state index >= 15 is 0 Å². The van der Waals surface area contributed by atoms with Gasteiger partial charge < -0.3 is 0 Å². The third-order valence-corrected chi connectivity index (χ3v) is 4.34. The van der Waals surface area contributed by atoms with Crippen LogP contribution >= 0.6 is 23.2 Å². The molecule has 0 aliphatic heterocycles. The predicted octanol–water partition coefficient (Wildman–Crippen LogP) is 6.38. The molecule has 0 aromatic rings. The van der Waals surface area contributed by atoms with Crippen LogP contribution in [0.4, 0.5) is 0 Å². The van der Waals surface area contributed by atoms with Gasteiger partial charge in [0.2, 0.25) is 0 Å². The van der Waals surface area contributed by atoms with Crippen LogP contribution in [0.2, 0.25) is 0 Å². The Morgan fingerprint density at radius 2 is 1.21 bits per heavy atom. The second-order valence-electron chi connectivity index (χ2n) is 6.13. The van der Waals surface area contributed by atoms with Gasteiger partial charge in [0.05, 0.1) is 0 Å². The maximum Gasteiger partial charge on any atom is 0.171 e. The van der Waals surface area contributed by atoms with E-state index in [4.69, 9.17) is 23.2 Å². The van der Waals surface area contributed by atoms with Crippen molar-refractivity contribution in [2.24, 2.45) is 0 Å². The van der Waals surface area contributed by atoms with E-state index in [1.54, 1.807) is 0 Å². The summed E-state index contributed by atoms with van der Waals surface area (Å²) in [5.74, 6) is 0. The van der Waals surface area contributed by atoms with Gasteiger partial charge in [-0.2, -0.15) is 0 Å². The molecule has 0 rings (SSSR count). The van der Waals surface area contributed by atoms with Gasteiger partial charge in [0.25, 0.3) is 0 Å². The molecule has 0 saturated heterocycles. The molecule has 0 aromatic heterocycles. The van der Waals surface area contributed by atoms with Crippen LogP contribution in [0.25, 0.3) is 0 Å². The van der Waals surface area contributed by atoms with E-state index in [-0.39, 0.29) is 0 Å². The molecule has 0 fully saturated rings. The highest BCUT2D eigenvalue weighted by atomic mass is 35.5. The summed E-state index contributed by atoms with van der Waals surface area (Å²) in [6, 6.07) is 0.749. The van der Waals surface area contributed by atoms with Gasteiger partial charge in [-0.15, -0.1) is 0 Å². The second-order valence-corrected chi connectivity index (χ2v) is 7.58. The Hall–Kier alpha value is 0.540. The monoisotopic (exact) mass is 309 g/mol. The maximum atomic E-state index is 6.55. The Bertz CT molecular complexity index is 207. The van der Waals surface area contributed by atoms with Gasteiger partial charge in [0.15, 0.2) is 4.46 Å². The van der Waals surface area contributed by atoms with E-state index < -0.39 is 4.46 Å². The molecule has 0 aromatic carbocycles. The summed E-state index contributed by atoms with van der Waals surface area (Å²) in [4.78, 5) is 2.20. The molecule has 0 atom stereocenters. The van der Waals surface area contributed by atoms with Gasteiger partial charge in [-0.3, -0.25) is 4.90 Å². The van der Waals surface area contributed by atoms with Crippen molar-refractivity contribution >= 4 is 23.2 Å². The Labute approximate surface area is 131 Å². The normalized spacial score (nSPS) is 12.9. The molecule has 0 N–H and O–H groups in total. The van der Waals surface area contributed by atoms with E-state index in [0.29, 0.717) is 12.1 Å². The number of hydrogen-bond acceptors (Lipinski definition) is 1. The third-order valence-electron chi connectivity index (χ3n) is 3.57. The molecule has 0 aliphatic rings. The summed E-state index contributed by atoms with van der Waals surface area (Å²) >= 11 is 13.1. The number of hydrogen-bond donors (Lipinski definition) is 0. The molecule has 0 bridgehead atoms. The van der Waals surface area contributed by atoms with Crippen LogP contribution in [0, 0.1) is 0 Å². The molecule has 0 saturated carbocycles. The fraction of sp³-hybridized carbons (Fsp3) is 1.00. The van der Waals surface area contributed by atoms with Crippen molar-refractivity contribution < 1.29 is 0 Å². The maximum absolute atomic E-state index is 6.55. The molecule has 0 spiro atoms. The van der Waals surface area contributed by atoms with E-state index in [1.165, 1.54) is 38.5 Å². The van der Waals surface area contributed by atoms with Gasteiger partial charge in [-0.25, -0.2) is 0 Å². The Balaban J connectivity index is 3.94. The molecule has 0 amide bonds. The van der Waals surface area contributed by atoms with Crippen LogP contribution in [0.15, 0.2) is 0 Å². The first kappa shape index (κ1) is 19.5. The minimum atomic E-state index is -0.717. The minimum absolute atomic E-state index is 0.375. The largest absolute Gasteiger partial charge is 0.268 e. The first-order valence-electron chi connectivity index (χ1n) is 7.99. The summed E-state index contributed by atoms with van der Waals surface area (Å²) in [5, 5.41) is 0. The molecule has 0 heterocycles. The Morgan fingerprint density at radius 1 is 0.789 bits per heavy atom. The summed E-state index contributed by atoms with van der Waals surface area (Å²) in [6.45, 7) is 10.9. The SMILES string of the molecule is CCCCCCCCCC(Cl)(Cl)N(C(C)C)C(C)C. The molecule has 1 nitrogen and oxygen atoms in total. The second kappa shape index (κ2) is 10.3. The first-order chi connectivity index (χ1) is 8.83. The smallest absolute Gasteiger partial charge is 0.171 e. The first-order valence-corrected chi connectivity index (χ1v) is 8.74.